The summed E-state index contributed by atoms with van der Waals surface area (Å²) < 4.78 is 49.7. The Morgan fingerprint density at radius 3 is 1.71 bits per heavy atom. The van der Waals surface area contributed by atoms with Gasteiger partial charge in [0.1, 0.15) is 11.9 Å². The molecule has 2 unspecified atom stereocenters. The van der Waals surface area contributed by atoms with Crippen molar-refractivity contribution < 1.29 is 11.6 Å². The molecule has 1 aliphatic carbocycles. The van der Waals surface area contributed by atoms with Crippen molar-refractivity contribution in [3.8, 4) is 50.3 Å². The summed E-state index contributed by atoms with van der Waals surface area (Å²) in [4.78, 5) is 0. The van der Waals surface area contributed by atoms with Crippen LogP contribution in [0.25, 0.3) is 66.1 Å². The van der Waals surface area contributed by atoms with E-state index in [1.54, 1.807) is 0 Å². The molecule has 7 aromatic carbocycles. The molecule has 45 heavy (non-hydrogen) atoms. The Labute approximate surface area is 270 Å². The Balaban J connectivity index is 1.33. The molecule has 2 atom stereocenters. The lowest BCUT2D eigenvalue weighted by molar-refractivity contribution is 0.269. The van der Waals surface area contributed by atoms with Gasteiger partial charge in [0.2, 0.25) is 0 Å². The number of allylic oxidation sites excluding steroid dienone is 2. The second-order valence-corrected chi connectivity index (χ2v) is 11.6. The Kier molecular flexibility index (Phi) is 4.93. The fourth-order valence-corrected chi connectivity index (χ4v) is 7.12. The summed E-state index contributed by atoms with van der Waals surface area (Å²) in [7, 11) is 0. The summed E-state index contributed by atoms with van der Waals surface area (Å²) in [6.45, 7) is 0. The number of hydrogen-bond acceptors (Lipinski definition) is 1. The van der Waals surface area contributed by atoms with Gasteiger partial charge in [-0.1, -0.05) is 152 Å². The lowest BCUT2D eigenvalue weighted by Crippen LogP contribution is -2.15. The van der Waals surface area contributed by atoms with Crippen molar-refractivity contribution in [3.05, 3.63) is 175 Å². The van der Waals surface area contributed by atoms with E-state index in [0.717, 1.165) is 54.9 Å². The van der Waals surface area contributed by atoms with Crippen LogP contribution in [0.15, 0.2) is 170 Å². The molecule has 1 nitrogen and oxygen atoms in total. The van der Waals surface area contributed by atoms with Crippen molar-refractivity contribution in [1.29, 1.82) is 0 Å². The first-order chi connectivity index (χ1) is 24.4. The standard InChI is InChI=1S/C44H30O/c1-3-13-29(14-4-1)30-23-25-32(26-24-30)42-34-17-7-9-19-36(34)43(37-20-10-8-18-35(37)42)33-27-39(31-15-5-2-6-16-31)44-38-21-11-12-22-40(38)45-41(44)28-33/h1-28,38,40H/i2D,5D,6D,15D,16D. The quantitative estimate of drug-likeness (QED) is 0.188. The van der Waals surface area contributed by atoms with Crippen molar-refractivity contribution >= 4 is 21.5 Å². The molecule has 0 radical (unpaired) electrons. The molecule has 1 heteroatoms. The maximum absolute atomic E-state index is 8.95. The van der Waals surface area contributed by atoms with Gasteiger partial charge in [-0.25, -0.2) is 0 Å². The number of fused-ring (bicyclic) bond motifs is 5. The first kappa shape index (κ1) is 21.1. The van der Waals surface area contributed by atoms with E-state index >= 15 is 0 Å². The van der Waals surface area contributed by atoms with Crippen molar-refractivity contribution in [1.82, 2.24) is 0 Å². The largest absolute Gasteiger partial charge is 0.485 e. The summed E-state index contributed by atoms with van der Waals surface area (Å²) in [6, 6.07) is 38.5. The molecular weight excluding hydrogens is 544 g/mol. The third kappa shape index (κ3) is 4.24. The van der Waals surface area contributed by atoms with Crippen LogP contribution in [0, 0.1) is 0 Å². The van der Waals surface area contributed by atoms with Crippen LogP contribution >= 0.6 is 0 Å². The number of benzene rings is 7. The van der Waals surface area contributed by atoms with E-state index in [2.05, 4.69) is 97.1 Å². The van der Waals surface area contributed by atoms with Crippen LogP contribution in [0.3, 0.4) is 0 Å². The highest BCUT2D eigenvalue weighted by Crippen LogP contribution is 2.51. The second kappa shape index (κ2) is 10.5. The van der Waals surface area contributed by atoms with Gasteiger partial charge in [-0.15, -0.1) is 0 Å². The fraction of sp³-hybridized carbons (Fsp3) is 0.0455. The van der Waals surface area contributed by atoms with Crippen LogP contribution in [-0.4, -0.2) is 6.10 Å². The summed E-state index contributed by atoms with van der Waals surface area (Å²) in [6.07, 6.45) is 7.77. The molecule has 1 heterocycles. The lowest BCUT2D eigenvalue weighted by Gasteiger charge is -2.20. The Morgan fingerprint density at radius 1 is 0.489 bits per heavy atom. The molecule has 0 aromatic heterocycles. The van der Waals surface area contributed by atoms with E-state index in [0.29, 0.717) is 11.3 Å². The first-order valence-corrected chi connectivity index (χ1v) is 15.3. The monoisotopic (exact) mass is 579 g/mol. The zero-order valence-electron chi connectivity index (χ0n) is 29.3. The molecule has 0 spiro atoms. The Bertz CT molecular complexity index is 2480. The van der Waals surface area contributed by atoms with E-state index in [-0.39, 0.29) is 41.8 Å². The highest BCUT2D eigenvalue weighted by atomic mass is 16.5. The minimum atomic E-state index is -0.407. The average Bonchev–Trinajstić information content (AvgIpc) is 3.54. The van der Waals surface area contributed by atoms with E-state index in [4.69, 9.17) is 11.6 Å². The molecule has 0 N–H and O–H groups in total. The predicted octanol–water partition coefficient (Wildman–Crippen LogP) is 11.6. The maximum atomic E-state index is 8.95. The number of ether oxygens (including phenoxy) is 1. The third-order valence-corrected chi connectivity index (χ3v) is 9.09. The van der Waals surface area contributed by atoms with Crippen molar-refractivity contribution in [2.24, 2.45) is 0 Å². The molecule has 0 saturated heterocycles. The molecule has 0 amide bonds. The highest BCUT2D eigenvalue weighted by molar-refractivity contribution is 6.21. The van der Waals surface area contributed by atoms with Gasteiger partial charge in [0.25, 0.3) is 0 Å². The van der Waals surface area contributed by atoms with Gasteiger partial charge >= 0.3 is 0 Å². The fourth-order valence-electron chi connectivity index (χ4n) is 7.12. The minimum Gasteiger partial charge on any atom is -0.485 e. The molecule has 9 rings (SSSR count). The van der Waals surface area contributed by atoms with E-state index < -0.39 is 6.04 Å². The summed E-state index contributed by atoms with van der Waals surface area (Å²) in [5.74, 6) is 0.510. The van der Waals surface area contributed by atoms with Gasteiger partial charge in [0.05, 0.1) is 6.85 Å². The lowest BCUT2D eigenvalue weighted by atomic mass is 9.82. The van der Waals surface area contributed by atoms with Crippen LogP contribution in [-0.2, 0) is 0 Å². The van der Waals surface area contributed by atoms with Gasteiger partial charge in [-0.05, 0) is 84.3 Å². The second-order valence-electron chi connectivity index (χ2n) is 11.6. The summed E-state index contributed by atoms with van der Waals surface area (Å²) in [5.41, 5.74) is 8.05. The van der Waals surface area contributed by atoms with E-state index in [9.17, 15) is 0 Å². The maximum Gasteiger partial charge on any atom is 0.128 e. The smallest absolute Gasteiger partial charge is 0.128 e. The molecule has 0 fully saturated rings. The summed E-state index contributed by atoms with van der Waals surface area (Å²) in [5, 5.41) is 4.30. The predicted molar refractivity (Wildman–Crippen MR) is 189 cm³/mol. The number of hydrogen-bond donors (Lipinski definition) is 0. The van der Waals surface area contributed by atoms with Gasteiger partial charge in [0, 0.05) is 11.5 Å². The Morgan fingerprint density at radius 2 is 1.04 bits per heavy atom. The van der Waals surface area contributed by atoms with Crippen molar-refractivity contribution in [3.63, 3.8) is 0 Å². The minimum absolute atomic E-state index is 0.147. The van der Waals surface area contributed by atoms with Gasteiger partial charge in [-0.3, -0.25) is 0 Å². The van der Waals surface area contributed by atoms with Crippen LogP contribution in [0.5, 0.6) is 5.75 Å². The molecule has 1 aliphatic heterocycles. The van der Waals surface area contributed by atoms with Crippen molar-refractivity contribution in [2.45, 2.75) is 12.0 Å². The van der Waals surface area contributed by atoms with Crippen LogP contribution in [0.2, 0.25) is 0 Å². The average molecular weight is 580 g/mol. The molecule has 7 aromatic rings. The van der Waals surface area contributed by atoms with Crippen molar-refractivity contribution in [2.75, 3.05) is 0 Å². The molecule has 212 valence electrons. The zero-order valence-corrected chi connectivity index (χ0v) is 24.3. The topological polar surface area (TPSA) is 9.23 Å². The normalized spacial score (nSPS) is 18.0. The summed E-state index contributed by atoms with van der Waals surface area (Å²) >= 11 is 0. The number of rotatable bonds is 4. The van der Waals surface area contributed by atoms with Crippen LogP contribution < -0.4 is 4.74 Å². The Hall–Kier alpha value is -5.66. The van der Waals surface area contributed by atoms with Crippen LogP contribution in [0.4, 0.5) is 0 Å². The SMILES string of the molecule is [2H]c1c([2H])c([2H])c(-c2cc(-c3c4ccccc4c(-c4ccc(-c5ccccc5)cc4)c4ccccc34)cc3c2C2C=CC=CC2O3)c([2H])c1[2H]. The van der Waals surface area contributed by atoms with E-state index in [1.165, 1.54) is 5.56 Å². The van der Waals surface area contributed by atoms with Gasteiger partial charge in [-0.2, -0.15) is 0 Å². The molecular formula is C44H30O. The highest BCUT2D eigenvalue weighted by Gasteiger charge is 2.35. The molecule has 2 aliphatic rings. The molecule has 0 bridgehead atoms. The van der Waals surface area contributed by atoms with Crippen LogP contribution in [0.1, 0.15) is 18.3 Å². The van der Waals surface area contributed by atoms with Gasteiger partial charge < -0.3 is 4.74 Å². The van der Waals surface area contributed by atoms with E-state index in [1.807, 2.05) is 42.5 Å². The van der Waals surface area contributed by atoms with Gasteiger partial charge in [0.15, 0.2) is 0 Å². The third-order valence-electron chi connectivity index (χ3n) is 9.09. The zero-order chi connectivity index (χ0) is 34.1. The first-order valence-electron chi connectivity index (χ1n) is 17.8. The molecule has 0 saturated carbocycles.